The largest absolute Gasteiger partial charge is 0.457 e. The highest BCUT2D eigenvalue weighted by molar-refractivity contribution is 5.99. The number of likely N-dealkylation sites (tertiary alicyclic amines) is 1. The molecule has 2 aliphatic rings. The Bertz CT molecular complexity index is 1430. The first-order valence-electron chi connectivity index (χ1n) is 14.3. The molecular formula is C31H39N7O. The Kier molecular flexibility index (Phi) is 6.89. The summed E-state index contributed by atoms with van der Waals surface area (Å²) in [5.74, 6) is 2.84. The second-order valence-corrected chi connectivity index (χ2v) is 11.8. The second-order valence-electron chi connectivity index (χ2n) is 11.8. The van der Waals surface area contributed by atoms with Gasteiger partial charge in [0, 0.05) is 24.7 Å². The Morgan fingerprint density at radius 3 is 2.28 bits per heavy atom. The van der Waals surface area contributed by atoms with Crippen LogP contribution in [-0.2, 0) is 5.54 Å². The summed E-state index contributed by atoms with van der Waals surface area (Å²) in [6.45, 7) is 10.7. The van der Waals surface area contributed by atoms with Crippen molar-refractivity contribution in [2.24, 2.45) is 0 Å². The van der Waals surface area contributed by atoms with E-state index < -0.39 is 0 Å². The summed E-state index contributed by atoms with van der Waals surface area (Å²) in [5, 5.41) is 5.66. The molecule has 0 saturated carbocycles. The molecule has 4 heterocycles. The SMILES string of the molecule is CC(C)(C)n1nc2nc(N3CCC(N4CCCCC4)CC3)nc(-c3cccc(Oc4ccccc4)c3)c2c1N. The topological polar surface area (TPSA) is 85.3 Å². The summed E-state index contributed by atoms with van der Waals surface area (Å²) < 4.78 is 8.02. The van der Waals surface area contributed by atoms with Crippen LogP contribution in [0.5, 0.6) is 11.5 Å². The summed E-state index contributed by atoms with van der Waals surface area (Å²) >= 11 is 0. The molecule has 0 unspecified atom stereocenters. The fraction of sp³-hybridized carbons (Fsp3) is 0.452. The molecule has 204 valence electrons. The van der Waals surface area contributed by atoms with Gasteiger partial charge in [0.15, 0.2) is 5.65 Å². The van der Waals surface area contributed by atoms with Crippen LogP contribution < -0.4 is 15.4 Å². The fourth-order valence-electron chi connectivity index (χ4n) is 5.91. The molecule has 0 aliphatic carbocycles. The third kappa shape index (κ3) is 5.30. The molecule has 2 saturated heterocycles. The van der Waals surface area contributed by atoms with Crippen LogP contribution in [0.15, 0.2) is 54.6 Å². The number of rotatable bonds is 5. The maximum absolute atomic E-state index is 6.72. The van der Waals surface area contributed by atoms with Gasteiger partial charge in [-0.15, -0.1) is 5.10 Å². The summed E-state index contributed by atoms with van der Waals surface area (Å²) in [5.41, 5.74) is 8.80. The van der Waals surface area contributed by atoms with Crippen molar-refractivity contribution in [2.75, 3.05) is 36.8 Å². The minimum atomic E-state index is -0.284. The number of piperidine rings is 2. The van der Waals surface area contributed by atoms with Gasteiger partial charge in [-0.1, -0.05) is 36.8 Å². The van der Waals surface area contributed by atoms with Crippen molar-refractivity contribution in [3.05, 3.63) is 54.6 Å². The lowest BCUT2D eigenvalue weighted by atomic mass is 10.00. The number of para-hydroxylation sites is 1. The first kappa shape index (κ1) is 25.6. The van der Waals surface area contributed by atoms with Crippen molar-refractivity contribution in [1.82, 2.24) is 24.6 Å². The molecule has 2 fully saturated rings. The van der Waals surface area contributed by atoms with E-state index in [4.69, 9.17) is 25.5 Å². The van der Waals surface area contributed by atoms with Gasteiger partial charge in [-0.2, -0.15) is 4.98 Å². The van der Waals surface area contributed by atoms with E-state index in [9.17, 15) is 0 Å². The molecule has 8 heteroatoms. The van der Waals surface area contributed by atoms with Gasteiger partial charge in [0.2, 0.25) is 5.95 Å². The Hall–Kier alpha value is -3.65. The number of hydrogen-bond donors (Lipinski definition) is 1. The Balaban J connectivity index is 1.37. The van der Waals surface area contributed by atoms with Gasteiger partial charge in [-0.05, 0) is 83.8 Å². The van der Waals surface area contributed by atoms with Crippen molar-refractivity contribution in [1.29, 1.82) is 0 Å². The van der Waals surface area contributed by atoms with E-state index in [-0.39, 0.29) is 5.54 Å². The summed E-state index contributed by atoms with van der Waals surface area (Å²) in [6.07, 6.45) is 6.29. The fourth-order valence-corrected chi connectivity index (χ4v) is 5.91. The molecule has 2 aromatic carbocycles. The van der Waals surface area contributed by atoms with Crippen LogP contribution in [0.4, 0.5) is 11.8 Å². The number of nitrogens with two attached hydrogens (primary N) is 1. The van der Waals surface area contributed by atoms with Crippen molar-refractivity contribution >= 4 is 22.8 Å². The van der Waals surface area contributed by atoms with Crippen LogP contribution in [0.2, 0.25) is 0 Å². The molecule has 2 aliphatic heterocycles. The zero-order chi connectivity index (χ0) is 27.0. The lowest BCUT2D eigenvalue weighted by Gasteiger charge is -2.40. The first-order valence-corrected chi connectivity index (χ1v) is 14.3. The van der Waals surface area contributed by atoms with Gasteiger partial charge < -0.3 is 20.3 Å². The number of benzene rings is 2. The average molecular weight is 526 g/mol. The zero-order valence-corrected chi connectivity index (χ0v) is 23.3. The molecule has 0 atom stereocenters. The predicted molar refractivity (Wildman–Crippen MR) is 157 cm³/mol. The van der Waals surface area contributed by atoms with E-state index in [2.05, 4.69) is 36.6 Å². The number of ether oxygens (including phenoxy) is 1. The van der Waals surface area contributed by atoms with Crippen LogP contribution in [0.25, 0.3) is 22.3 Å². The monoisotopic (exact) mass is 525 g/mol. The van der Waals surface area contributed by atoms with Crippen LogP contribution in [-0.4, -0.2) is 56.9 Å². The van der Waals surface area contributed by atoms with Crippen LogP contribution in [0.3, 0.4) is 0 Å². The summed E-state index contributed by atoms with van der Waals surface area (Å²) in [4.78, 5) is 15.1. The predicted octanol–water partition coefficient (Wildman–Crippen LogP) is 6.08. The maximum Gasteiger partial charge on any atom is 0.228 e. The smallest absolute Gasteiger partial charge is 0.228 e. The Labute approximate surface area is 230 Å². The molecule has 0 bridgehead atoms. The summed E-state index contributed by atoms with van der Waals surface area (Å²) in [6, 6.07) is 18.5. The van der Waals surface area contributed by atoms with E-state index in [1.165, 1.54) is 32.4 Å². The maximum atomic E-state index is 6.72. The van der Waals surface area contributed by atoms with Crippen molar-refractivity contribution < 1.29 is 4.74 Å². The Morgan fingerprint density at radius 2 is 1.56 bits per heavy atom. The lowest BCUT2D eigenvalue weighted by Crippen LogP contribution is -2.47. The molecule has 6 rings (SSSR count). The van der Waals surface area contributed by atoms with Crippen LogP contribution >= 0.6 is 0 Å². The van der Waals surface area contributed by atoms with Gasteiger partial charge in [0.05, 0.1) is 16.6 Å². The molecule has 0 spiro atoms. The number of hydrogen-bond acceptors (Lipinski definition) is 7. The van der Waals surface area contributed by atoms with E-state index >= 15 is 0 Å². The van der Waals surface area contributed by atoms with Crippen molar-refractivity contribution in [2.45, 2.75) is 64.5 Å². The third-order valence-electron chi connectivity index (χ3n) is 7.93. The molecule has 0 radical (unpaired) electrons. The lowest BCUT2D eigenvalue weighted by molar-refractivity contribution is 0.141. The highest BCUT2D eigenvalue weighted by Gasteiger charge is 2.29. The second kappa shape index (κ2) is 10.5. The van der Waals surface area contributed by atoms with Gasteiger partial charge in [-0.25, -0.2) is 9.67 Å². The molecule has 0 amide bonds. The van der Waals surface area contributed by atoms with E-state index in [0.717, 1.165) is 60.0 Å². The van der Waals surface area contributed by atoms with Crippen LogP contribution in [0, 0.1) is 0 Å². The average Bonchev–Trinajstić information content (AvgIpc) is 3.31. The number of nitrogens with zero attached hydrogens (tertiary/aromatic N) is 6. The minimum Gasteiger partial charge on any atom is -0.457 e. The van der Waals surface area contributed by atoms with Crippen molar-refractivity contribution in [3.8, 4) is 22.8 Å². The number of aromatic nitrogens is 4. The number of nitrogen functional groups attached to an aromatic ring is 1. The van der Waals surface area contributed by atoms with Crippen LogP contribution in [0.1, 0.15) is 52.9 Å². The van der Waals surface area contributed by atoms with E-state index in [1.54, 1.807) is 0 Å². The molecule has 4 aromatic rings. The van der Waals surface area contributed by atoms with Gasteiger partial charge in [0.1, 0.15) is 17.3 Å². The van der Waals surface area contributed by atoms with E-state index in [0.29, 0.717) is 17.5 Å². The third-order valence-corrected chi connectivity index (χ3v) is 7.93. The standard InChI is InChI=1S/C31H39N7O/c1-31(2,3)38-28(32)26-27(22-11-10-14-25(21-22)39-24-12-6-4-7-13-24)33-30(34-29(26)35-38)37-19-15-23(16-20-37)36-17-8-5-9-18-36/h4,6-7,10-14,21,23H,5,8-9,15-20,32H2,1-3H3. The van der Waals surface area contributed by atoms with Gasteiger partial charge >= 0.3 is 0 Å². The van der Waals surface area contributed by atoms with E-state index in [1.807, 2.05) is 53.2 Å². The number of fused-ring (bicyclic) bond motifs is 1. The zero-order valence-electron chi connectivity index (χ0n) is 23.3. The quantitative estimate of drug-likeness (QED) is 0.338. The summed E-state index contributed by atoms with van der Waals surface area (Å²) in [7, 11) is 0. The minimum absolute atomic E-state index is 0.284. The highest BCUT2D eigenvalue weighted by Crippen LogP contribution is 2.36. The normalized spacial score (nSPS) is 17.6. The van der Waals surface area contributed by atoms with Gasteiger partial charge in [0.25, 0.3) is 0 Å². The first-order chi connectivity index (χ1) is 18.9. The molecule has 2 aromatic heterocycles. The Morgan fingerprint density at radius 1 is 0.846 bits per heavy atom. The van der Waals surface area contributed by atoms with Crippen molar-refractivity contribution in [3.63, 3.8) is 0 Å². The van der Waals surface area contributed by atoms with Gasteiger partial charge in [-0.3, -0.25) is 0 Å². The molecule has 2 N–H and O–H groups in total. The number of anilines is 2. The molecule has 39 heavy (non-hydrogen) atoms. The molecule has 8 nitrogen and oxygen atoms in total. The molecular weight excluding hydrogens is 486 g/mol. The highest BCUT2D eigenvalue weighted by atomic mass is 16.5.